The first-order valence-electron chi connectivity index (χ1n) is 7.49. The van der Waals surface area contributed by atoms with E-state index in [4.69, 9.17) is 4.74 Å². The van der Waals surface area contributed by atoms with Gasteiger partial charge < -0.3 is 4.74 Å². The van der Waals surface area contributed by atoms with E-state index < -0.39 is 0 Å². The molecule has 0 fully saturated rings. The maximum atomic E-state index is 11.7. The average molecular weight is 312 g/mol. The summed E-state index contributed by atoms with van der Waals surface area (Å²) in [4.78, 5) is 22.8. The second kappa shape index (κ2) is 8.58. The van der Waals surface area contributed by atoms with Crippen LogP contribution in [0.1, 0.15) is 30.1 Å². The molecule has 0 aliphatic rings. The highest BCUT2D eigenvalue weighted by molar-refractivity contribution is 5.94. The van der Waals surface area contributed by atoms with Crippen LogP contribution in [0.2, 0.25) is 0 Å². The number of Topliss-reactive ketones (excluding diaryl/α,β-unsaturated/α-hetero) is 1. The van der Waals surface area contributed by atoms with Crippen molar-refractivity contribution in [3.63, 3.8) is 0 Å². The fraction of sp³-hybridized carbons (Fsp3) is 0.222. The zero-order valence-corrected chi connectivity index (χ0v) is 13.0. The van der Waals surface area contributed by atoms with Crippen molar-refractivity contribution in [2.24, 2.45) is 0 Å². The van der Waals surface area contributed by atoms with E-state index in [0.717, 1.165) is 5.69 Å². The molecule has 5 nitrogen and oxygen atoms in total. The fourth-order valence-electron chi connectivity index (χ4n) is 1.93. The maximum Gasteiger partial charge on any atom is 0.238 e. The zero-order valence-electron chi connectivity index (χ0n) is 13.0. The van der Waals surface area contributed by atoms with Crippen LogP contribution in [0.4, 0.5) is 5.69 Å². The molecule has 0 unspecified atom stereocenters. The summed E-state index contributed by atoms with van der Waals surface area (Å²) < 4.78 is 5.54. The molecule has 2 aromatic carbocycles. The molecule has 5 heteroatoms. The monoisotopic (exact) mass is 312 g/mol. The van der Waals surface area contributed by atoms with E-state index in [1.54, 1.807) is 24.3 Å². The summed E-state index contributed by atoms with van der Waals surface area (Å²) in [6.07, 6.45) is 0.974. The van der Waals surface area contributed by atoms with Crippen molar-refractivity contribution < 1.29 is 14.3 Å². The van der Waals surface area contributed by atoms with Crippen LogP contribution in [0.5, 0.6) is 5.75 Å². The van der Waals surface area contributed by atoms with Gasteiger partial charge in [0.15, 0.2) is 5.78 Å². The molecule has 0 saturated carbocycles. The lowest BCUT2D eigenvalue weighted by atomic mass is 10.1. The first-order valence-corrected chi connectivity index (χ1v) is 7.49. The summed E-state index contributed by atoms with van der Waals surface area (Å²) in [5.41, 5.74) is 6.98. The Bertz CT molecular complexity index is 639. The number of hydrazine groups is 1. The average Bonchev–Trinajstić information content (AvgIpc) is 2.58. The van der Waals surface area contributed by atoms with Gasteiger partial charge in [0, 0.05) is 12.0 Å². The van der Waals surface area contributed by atoms with Crippen LogP contribution >= 0.6 is 0 Å². The van der Waals surface area contributed by atoms with Crippen molar-refractivity contribution in [1.82, 2.24) is 5.43 Å². The Morgan fingerprint density at radius 3 is 2.35 bits per heavy atom. The molecule has 2 aromatic rings. The van der Waals surface area contributed by atoms with Gasteiger partial charge in [-0.05, 0) is 49.7 Å². The second-order valence-electron chi connectivity index (χ2n) is 5.07. The minimum absolute atomic E-state index is 0.0270. The lowest BCUT2D eigenvalue weighted by Crippen LogP contribution is -2.29. The predicted molar refractivity (Wildman–Crippen MR) is 89.4 cm³/mol. The molecule has 2 N–H and O–H groups in total. The van der Waals surface area contributed by atoms with E-state index in [0.29, 0.717) is 30.8 Å². The number of hydrogen-bond acceptors (Lipinski definition) is 4. The number of rotatable bonds is 8. The minimum Gasteiger partial charge on any atom is -0.494 e. The van der Waals surface area contributed by atoms with E-state index >= 15 is 0 Å². The standard InChI is InChI=1S/C18H20N2O3/c1-14(21)15-9-11-17(12-10-15)23-13-5-8-18(22)20-19-16-6-3-2-4-7-16/h2-4,6-7,9-12,19H,5,8,13H2,1H3,(H,20,22). The zero-order chi connectivity index (χ0) is 16.5. The van der Waals surface area contributed by atoms with Gasteiger partial charge in [-0.25, -0.2) is 0 Å². The molecule has 0 atom stereocenters. The Balaban J connectivity index is 1.63. The molecule has 23 heavy (non-hydrogen) atoms. The van der Waals surface area contributed by atoms with Gasteiger partial charge in [-0.3, -0.25) is 20.4 Å². The summed E-state index contributed by atoms with van der Waals surface area (Å²) in [6.45, 7) is 1.97. The summed E-state index contributed by atoms with van der Waals surface area (Å²) in [5, 5.41) is 0. The highest BCUT2D eigenvalue weighted by Gasteiger charge is 2.02. The molecule has 0 radical (unpaired) electrons. The van der Waals surface area contributed by atoms with Crippen molar-refractivity contribution in [3.8, 4) is 5.75 Å². The van der Waals surface area contributed by atoms with Crippen molar-refractivity contribution >= 4 is 17.4 Å². The normalized spacial score (nSPS) is 9.96. The molecule has 0 aliphatic heterocycles. The number of carbonyl (C=O) groups excluding carboxylic acids is 2. The van der Waals surface area contributed by atoms with E-state index in [-0.39, 0.29) is 11.7 Å². The van der Waals surface area contributed by atoms with Crippen LogP contribution in [0.3, 0.4) is 0 Å². The first kappa shape index (κ1) is 16.5. The smallest absolute Gasteiger partial charge is 0.238 e. The number of para-hydroxylation sites is 1. The van der Waals surface area contributed by atoms with Crippen LogP contribution in [0.15, 0.2) is 54.6 Å². The highest BCUT2D eigenvalue weighted by atomic mass is 16.5. The topological polar surface area (TPSA) is 67.4 Å². The molecule has 2 rings (SSSR count). The van der Waals surface area contributed by atoms with E-state index in [9.17, 15) is 9.59 Å². The Hall–Kier alpha value is -2.82. The molecule has 0 aliphatic carbocycles. The van der Waals surface area contributed by atoms with Gasteiger partial charge in [-0.1, -0.05) is 18.2 Å². The predicted octanol–water partition coefficient (Wildman–Crippen LogP) is 3.19. The van der Waals surface area contributed by atoms with Crippen LogP contribution in [-0.2, 0) is 4.79 Å². The lowest BCUT2D eigenvalue weighted by molar-refractivity contribution is -0.120. The Morgan fingerprint density at radius 2 is 1.70 bits per heavy atom. The molecule has 0 heterocycles. The largest absolute Gasteiger partial charge is 0.494 e. The Morgan fingerprint density at radius 1 is 1.00 bits per heavy atom. The van der Waals surface area contributed by atoms with Gasteiger partial charge in [-0.15, -0.1) is 0 Å². The molecule has 1 amide bonds. The number of benzene rings is 2. The number of carbonyl (C=O) groups is 2. The van der Waals surface area contributed by atoms with Crippen LogP contribution < -0.4 is 15.6 Å². The number of ether oxygens (including phenoxy) is 1. The van der Waals surface area contributed by atoms with Crippen LogP contribution in [0, 0.1) is 0 Å². The third-order valence-electron chi connectivity index (χ3n) is 3.20. The number of ketones is 1. The first-order chi connectivity index (χ1) is 11.1. The van der Waals surface area contributed by atoms with Crippen LogP contribution in [-0.4, -0.2) is 18.3 Å². The number of nitrogens with one attached hydrogen (secondary N) is 2. The van der Waals surface area contributed by atoms with Gasteiger partial charge in [0.2, 0.25) is 5.91 Å². The van der Waals surface area contributed by atoms with Crippen molar-refractivity contribution in [2.75, 3.05) is 12.0 Å². The molecular weight excluding hydrogens is 292 g/mol. The lowest BCUT2D eigenvalue weighted by Gasteiger charge is -2.09. The Kier molecular flexibility index (Phi) is 6.17. The van der Waals surface area contributed by atoms with Gasteiger partial charge in [0.05, 0.1) is 12.3 Å². The van der Waals surface area contributed by atoms with Crippen molar-refractivity contribution in [2.45, 2.75) is 19.8 Å². The Labute approximate surface area is 135 Å². The molecule has 0 aromatic heterocycles. The fourth-order valence-corrected chi connectivity index (χ4v) is 1.93. The molecule has 0 saturated heterocycles. The second-order valence-corrected chi connectivity index (χ2v) is 5.07. The van der Waals surface area contributed by atoms with Crippen LogP contribution in [0.25, 0.3) is 0 Å². The number of amides is 1. The van der Waals surface area contributed by atoms with Gasteiger partial charge >= 0.3 is 0 Å². The van der Waals surface area contributed by atoms with Gasteiger partial charge in [-0.2, -0.15) is 0 Å². The third kappa shape index (κ3) is 5.82. The molecule has 120 valence electrons. The highest BCUT2D eigenvalue weighted by Crippen LogP contribution is 2.13. The van der Waals surface area contributed by atoms with Crippen molar-refractivity contribution in [3.05, 3.63) is 60.2 Å². The number of anilines is 1. The third-order valence-corrected chi connectivity index (χ3v) is 3.20. The molecule has 0 bridgehead atoms. The minimum atomic E-state index is -0.0932. The van der Waals surface area contributed by atoms with Gasteiger partial charge in [0.25, 0.3) is 0 Å². The number of hydrogen-bond donors (Lipinski definition) is 2. The summed E-state index contributed by atoms with van der Waals surface area (Å²) >= 11 is 0. The SMILES string of the molecule is CC(=O)c1ccc(OCCCC(=O)NNc2ccccc2)cc1. The summed E-state index contributed by atoms with van der Waals surface area (Å²) in [7, 11) is 0. The quantitative estimate of drug-likeness (QED) is 0.446. The van der Waals surface area contributed by atoms with E-state index in [2.05, 4.69) is 10.9 Å². The molecule has 0 spiro atoms. The van der Waals surface area contributed by atoms with E-state index in [1.807, 2.05) is 30.3 Å². The van der Waals surface area contributed by atoms with Crippen molar-refractivity contribution in [1.29, 1.82) is 0 Å². The summed E-state index contributed by atoms with van der Waals surface area (Å²) in [6, 6.07) is 16.4. The summed E-state index contributed by atoms with van der Waals surface area (Å²) in [5.74, 6) is 0.626. The van der Waals surface area contributed by atoms with E-state index in [1.165, 1.54) is 6.92 Å². The van der Waals surface area contributed by atoms with Gasteiger partial charge in [0.1, 0.15) is 5.75 Å². The molecular formula is C18H20N2O3. The maximum absolute atomic E-state index is 11.7.